The first-order valence-electron chi connectivity index (χ1n) is 10.4. The molecule has 0 fully saturated rings. The zero-order valence-corrected chi connectivity index (χ0v) is 17.2. The first kappa shape index (κ1) is 18.0. The number of aromatic amines is 1. The smallest absolute Gasteiger partial charge is 0.164 e. The Labute approximate surface area is 178 Å². The summed E-state index contributed by atoms with van der Waals surface area (Å²) in [7, 11) is 2.16. The molecule has 0 saturated carbocycles. The van der Waals surface area contributed by atoms with Crippen molar-refractivity contribution in [2.24, 2.45) is 0 Å². The second kappa shape index (κ2) is 6.88. The minimum absolute atomic E-state index is 0.425. The SMILES string of the molecule is CN1CCc2cc(Cn3nc(-c4cnc5[nH]ccc5c4)c4c(N)ncnc43)ccc2C1. The molecule has 1 aliphatic rings. The van der Waals surface area contributed by atoms with Gasteiger partial charge in [-0.15, -0.1) is 0 Å². The molecule has 0 bridgehead atoms. The molecule has 154 valence electrons. The van der Waals surface area contributed by atoms with E-state index in [0.29, 0.717) is 12.4 Å². The van der Waals surface area contributed by atoms with E-state index >= 15 is 0 Å². The molecule has 5 aromatic rings. The molecule has 0 unspecified atom stereocenters. The molecule has 8 nitrogen and oxygen atoms in total. The molecule has 4 aromatic heterocycles. The number of hydrogen-bond donors (Lipinski definition) is 2. The van der Waals surface area contributed by atoms with Crippen LogP contribution in [-0.2, 0) is 19.5 Å². The van der Waals surface area contributed by atoms with E-state index < -0.39 is 0 Å². The van der Waals surface area contributed by atoms with Crippen LogP contribution in [-0.4, -0.2) is 48.2 Å². The predicted octanol–water partition coefficient (Wildman–Crippen LogP) is 2.99. The van der Waals surface area contributed by atoms with Crippen LogP contribution in [0.4, 0.5) is 5.82 Å². The number of nitrogens with two attached hydrogens (primary N) is 1. The van der Waals surface area contributed by atoms with Crippen LogP contribution in [0, 0.1) is 0 Å². The van der Waals surface area contributed by atoms with Gasteiger partial charge in [0.1, 0.15) is 23.5 Å². The molecule has 3 N–H and O–H groups in total. The minimum Gasteiger partial charge on any atom is -0.383 e. The maximum Gasteiger partial charge on any atom is 0.164 e. The molecule has 5 heterocycles. The number of pyridine rings is 1. The van der Waals surface area contributed by atoms with Gasteiger partial charge in [-0.2, -0.15) is 5.10 Å². The van der Waals surface area contributed by atoms with Crippen LogP contribution in [0.3, 0.4) is 0 Å². The van der Waals surface area contributed by atoms with E-state index in [1.54, 1.807) is 0 Å². The van der Waals surface area contributed by atoms with Crippen LogP contribution in [0.5, 0.6) is 0 Å². The molecule has 31 heavy (non-hydrogen) atoms. The molecule has 0 saturated heterocycles. The highest BCUT2D eigenvalue weighted by atomic mass is 15.3. The van der Waals surface area contributed by atoms with Crippen LogP contribution >= 0.6 is 0 Å². The van der Waals surface area contributed by atoms with E-state index in [1.807, 2.05) is 23.1 Å². The van der Waals surface area contributed by atoms with E-state index in [2.05, 4.69) is 56.1 Å². The van der Waals surface area contributed by atoms with E-state index in [1.165, 1.54) is 23.0 Å². The Hall–Kier alpha value is -3.78. The van der Waals surface area contributed by atoms with Gasteiger partial charge < -0.3 is 15.6 Å². The van der Waals surface area contributed by atoms with Gasteiger partial charge >= 0.3 is 0 Å². The van der Waals surface area contributed by atoms with Gasteiger partial charge in [-0.1, -0.05) is 18.2 Å². The zero-order chi connectivity index (χ0) is 20.9. The summed E-state index contributed by atoms with van der Waals surface area (Å²) in [4.78, 5) is 18.7. The third-order valence-electron chi connectivity index (χ3n) is 6.04. The fraction of sp³-hybridized carbons (Fsp3) is 0.217. The number of nitrogen functional groups attached to an aromatic ring is 1. The number of hydrogen-bond acceptors (Lipinski definition) is 6. The largest absolute Gasteiger partial charge is 0.383 e. The molecule has 8 heteroatoms. The van der Waals surface area contributed by atoms with Crippen molar-refractivity contribution in [3.05, 3.63) is 65.7 Å². The summed E-state index contributed by atoms with van der Waals surface area (Å²) in [6.07, 6.45) is 6.26. The summed E-state index contributed by atoms with van der Waals surface area (Å²) in [6.45, 7) is 2.71. The van der Waals surface area contributed by atoms with Gasteiger partial charge in [-0.05, 0) is 42.3 Å². The lowest BCUT2D eigenvalue weighted by Crippen LogP contribution is -2.26. The maximum absolute atomic E-state index is 6.26. The van der Waals surface area contributed by atoms with Crippen LogP contribution < -0.4 is 5.73 Å². The topological polar surface area (TPSA) is 102 Å². The number of anilines is 1. The third kappa shape index (κ3) is 3.03. The lowest BCUT2D eigenvalue weighted by atomic mass is 9.97. The Bertz CT molecular complexity index is 1430. The lowest BCUT2D eigenvalue weighted by molar-refractivity contribution is 0.313. The fourth-order valence-electron chi connectivity index (χ4n) is 4.43. The van der Waals surface area contributed by atoms with E-state index in [4.69, 9.17) is 10.8 Å². The van der Waals surface area contributed by atoms with Gasteiger partial charge in [-0.3, -0.25) is 0 Å². The van der Waals surface area contributed by atoms with Crippen molar-refractivity contribution in [3.63, 3.8) is 0 Å². The van der Waals surface area contributed by atoms with Gasteiger partial charge in [-0.25, -0.2) is 19.6 Å². The molecule has 0 aliphatic carbocycles. The number of fused-ring (bicyclic) bond motifs is 3. The maximum atomic E-state index is 6.26. The molecule has 1 aromatic carbocycles. The molecule has 1 aliphatic heterocycles. The van der Waals surface area contributed by atoms with E-state index in [0.717, 1.165) is 52.8 Å². The van der Waals surface area contributed by atoms with Gasteiger partial charge in [0.15, 0.2) is 5.65 Å². The number of nitrogens with zero attached hydrogens (tertiary/aromatic N) is 6. The van der Waals surface area contributed by atoms with Gasteiger partial charge in [0, 0.05) is 36.4 Å². The second-order valence-corrected chi connectivity index (χ2v) is 8.19. The lowest BCUT2D eigenvalue weighted by Gasteiger charge is -2.25. The normalized spacial score (nSPS) is 14.4. The van der Waals surface area contributed by atoms with E-state index in [-0.39, 0.29) is 0 Å². The summed E-state index contributed by atoms with van der Waals surface area (Å²) >= 11 is 0. The average molecular weight is 410 g/mol. The molecule has 0 spiro atoms. The highest BCUT2D eigenvalue weighted by Crippen LogP contribution is 2.31. The van der Waals surface area contributed by atoms with Gasteiger partial charge in [0.05, 0.1) is 11.9 Å². The molecular formula is C23H22N8. The number of aromatic nitrogens is 6. The van der Waals surface area contributed by atoms with Crippen molar-refractivity contribution in [2.45, 2.75) is 19.5 Å². The third-order valence-corrected chi connectivity index (χ3v) is 6.04. The number of H-pyrrole nitrogens is 1. The minimum atomic E-state index is 0.425. The average Bonchev–Trinajstić information content (AvgIpc) is 3.39. The van der Waals surface area contributed by atoms with Crippen molar-refractivity contribution in [2.75, 3.05) is 19.3 Å². The zero-order valence-electron chi connectivity index (χ0n) is 17.2. The van der Waals surface area contributed by atoms with Crippen LogP contribution in [0.2, 0.25) is 0 Å². The Balaban J connectivity index is 1.45. The Morgan fingerprint density at radius 2 is 2.03 bits per heavy atom. The summed E-state index contributed by atoms with van der Waals surface area (Å²) in [5.41, 5.74) is 13.5. The summed E-state index contributed by atoms with van der Waals surface area (Å²) in [5, 5.41) is 6.69. The molecule has 6 rings (SSSR count). The van der Waals surface area contributed by atoms with E-state index in [9.17, 15) is 0 Å². The Kier molecular flexibility index (Phi) is 4.00. The van der Waals surface area contributed by atoms with Crippen LogP contribution in [0.15, 0.2) is 49.1 Å². The van der Waals surface area contributed by atoms with Crippen LogP contribution in [0.25, 0.3) is 33.3 Å². The summed E-state index contributed by atoms with van der Waals surface area (Å²) in [6, 6.07) is 10.8. The monoisotopic (exact) mass is 410 g/mol. The van der Waals surface area contributed by atoms with Crippen LogP contribution in [0.1, 0.15) is 16.7 Å². The second-order valence-electron chi connectivity index (χ2n) is 8.19. The molecule has 0 atom stereocenters. The standard InChI is InChI=1S/C23H22N8/c1-30-7-5-15-8-14(2-3-17(15)12-30)11-31-23-19(21(24)27-13-28-23)20(29-31)18-9-16-4-6-25-22(16)26-10-18/h2-4,6,8-10,13H,5,7,11-12H2,1H3,(H,25,26)(H2,24,27,28). The number of likely N-dealkylation sites (N-methyl/N-ethyl adjacent to an activating group) is 1. The van der Waals surface area contributed by atoms with Crippen molar-refractivity contribution >= 4 is 27.9 Å². The first-order chi connectivity index (χ1) is 15.2. The van der Waals surface area contributed by atoms with Crippen molar-refractivity contribution in [1.29, 1.82) is 0 Å². The highest BCUT2D eigenvalue weighted by molar-refractivity contribution is 5.99. The van der Waals surface area contributed by atoms with Crippen molar-refractivity contribution < 1.29 is 0 Å². The van der Waals surface area contributed by atoms with Gasteiger partial charge in [0.25, 0.3) is 0 Å². The number of nitrogens with one attached hydrogen (secondary N) is 1. The first-order valence-corrected chi connectivity index (χ1v) is 10.4. The quantitative estimate of drug-likeness (QED) is 0.474. The fourth-order valence-corrected chi connectivity index (χ4v) is 4.43. The number of rotatable bonds is 3. The Morgan fingerprint density at radius 1 is 1.10 bits per heavy atom. The summed E-state index contributed by atoms with van der Waals surface area (Å²) < 4.78 is 1.92. The molecular weight excluding hydrogens is 388 g/mol. The predicted molar refractivity (Wildman–Crippen MR) is 120 cm³/mol. The molecule has 0 amide bonds. The summed E-state index contributed by atoms with van der Waals surface area (Å²) in [5.74, 6) is 0.425. The Morgan fingerprint density at radius 3 is 2.97 bits per heavy atom. The molecule has 0 radical (unpaired) electrons. The highest BCUT2D eigenvalue weighted by Gasteiger charge is 2.19. The number of benzene rings is 1. The van der Waals surface area contributed by atoms with Crippen molar-refractivity contribution in [3.8, 4) is 11.3 Å². The van der Waals surface area contributed by atoms with Crippen molar-refractivity contribution in [1.82, 2.24) is 34.6 Å². The van der Waals surface area contributed by atoms with Gasteiger partial charge in [0.2, 0.25) is 0 Å².